The second-order valence-electron chi connectivity index (χ2n) is 8.40. The van der Waals surface area contributed by atoms with Crippen molar-refractivity contribution in [3.8, 4) is 0 Å². The summed E-state index contributed by atoms with van der Waals surface area (Å²) in [4.78, 5) is 15.7. The van der Waals surface area contributed by atoms with E-state index in [0.29, 0.717) is 24.3 Å². The van der Waals surface area contributed by atoms with E-state index in [0.717, 1.165) is 16.7 Å². The SMILES string of the molecule is CS(=O)(=O)N(Cc1ccccc1)c1ccccc1C(=O)N(Cc1ccccc1)Cc1ccccc1. The first-order valence-corrected chi connectivity index (χ1v) is 13.2. The molecule has 4 aromatic carbocycles. The number of sulfonamides is 1. The molecule has 0 aliphatic heterocycles. The molecule has 0 saturated heterocycles. The molecular formula is C29H28N2O3S. The number of nitrogens with zero attached hydrogens (tertiary/aromatic N) is 2. The molecule has 0 aromatic heterocycles. The molecule has 0 unspecified atom stereocenters. The molecule has 4 aromatic rings. The molecule has 5 nitrogen and oxygen atoms in total. The van der Waals surface area contributed by atoms with Crippen LogP contribution in [0.3, 0.4) is 0 Å². The van der Waals surface area contributed by atoms with E-state index in [4.69, 9.17) is 0 Å². The predicted molar refractivity (Wildman–Crippen MR) is 140 cm³/mol. The van der Waals surface area contributed by atoms with E-state index in [-0.39, 0.29) is 12.5 Å². The zero-order valence-corrected chi connectivity index (χ0v) is 20.4. The summed E-state index contributed by atoms with van der Waals surface area (Å²) in [6, 6.07) is 35.9. The smallest absolute Gasteiger partial charge is 0.256 e. The van der Waals surface area contributed by atoms with E-state index >= 15 is 0 Å². The molecular weight excluding hydrogens is 456 g/mol. The molecule has 0 bridgehead atoms. The average molecular weight is 485 g/mol. The Balaban J connectivity index is 1.73. The fourth-order valence-electron chi connectivity index (χ4n) is 3.98. The monoisotopic (exact) mass is 484 g/mol. The van der Waals surface area contributed by atoms with Crippen LogP contribution in [0.15, 0.2) is 115 Å². The van der Waals surface area contributed by atoms with Crippen molar-refractivity contribution in [2.75, 3.05) is 10.6 Å². The molecule has 4 rings (SSSR count). The van der Waals surface area contributed by atoms with Gasteiger partial charge >= 0.3 is 0 Å². The summed E-state index contributed by atoms with van der Waals surface area (Å²) in [6.45, 7) is 0.947. The third-order valence-electron chi connectivity index (χ3n) is 5.69. The zero-order valence-electron chi connectivity index (χ0n) is 19.6. The maximum absolute atomic E-state index is 14.0. The summed E-state index contributed by atoms with van der Waals surface area (Å²) in [5, 5.41) is 0. The van der Waals surface area contributed by atoms with Gasteiger partial charge in [0.2, 0.25) is 10.0 Å². The average Bonchev–Trinajstić information content (AvgIpc) is 2.88. The Morgan fingerprint density at radius 1 is 0.600 bits per heavy atom. The Bertz CT molecular complexity index is 1320. The number of para-hydroxylation sites is 1. The molecule has 0 N–H and O–H groups in total. The van der Waals surface area contributed by atoms with Crippen molar-refractivity contribution in [3.63, 3.8) is 0 Å². The Morgan fingerprint density at radius 2 is 1.00 bits per heavy atom. The minimum absolute atomic E-state index is 0.140. The number of hydrogen-bond donors (Lipinski definition) is 0. The summed E-state index contributed by atoms with van der Waals surface area (Å²) in [5.74, 6) is -0.227. The maximum Gasteiger partial charge on any atom is 0.256 e. The summed E-state index contributed by atoms with van der Waals surface area (Å²) in [6.07, 6.45) is 1.17. The lowest BCUT2D eigenvalue weighted by molar-refractivity contribution is 0.0731. The Labute approximate surface area is 207 Å². The zero-order chi connectivity index (χ0) is 24.7. The Kier molecular flexibility index (Phi) is 7.63. The molecule has 178 valence electrons. The van der Waals surface area contributed by atoms with Crippen LogP contribution in [0.1, 0.15) is 27.0 Å². The second-order valence-corrected chi connectivity index (χ2v) is 10.3. The van der Waals surface area contributed by atoms with Gasteiger partial charge in [-0.3, -0.25) is 9.10 Å². The molecule has 0 saturated carbocycles. The van der Waals surface area contributed by atoms with E-state index in [1.54, 1.807) is 29.2 Å². The Hall–Kier alpha value is -3.90. The van der Waals surface area contributed by atoms with Gasteiger partial charge in [0, 0.05) is 13.1 Å². The molecule has 0 fully saturated rings. The lowest BCUT2D eigenvalue weighted by atomic mass is 10.1. The number of carbonyl (C=O) groups excluding carboxylic acids is 1. The topological polar surface area (TPSA) is 57.7 Å². The van der Waals surface area contributed by atoms with Gasteiger partial charge in [0.15, 0.2) is 0 Å². The van der Waals surface area contributed by atoms with Crippen LogP contribution in [0.2, 0.25) is 0 Å². The number of amides is 1. The number of anilines is 1. The van der Waals surface area contributed by atoms with E-state index in [1.807, 2.05) is 91.0 Å². The number of carbonyl (C=O) groups is 1. The van der Waals surface area contributed by atoms with Gasteiger partial charge in [-0.15, -0.1) is 0 Å². The van der Waals surface area contributed by atoms with Gasteiger partial charge in [0.1, 0.15) is 0 Å². The van der Waals surface area contributed by atoms with Crippen LogP contribution >= 0.6 is 0 Å². The highest BCUT2D eigenvalue weighted by Crippen LogP contribution is 2.27. The van der Waals surface area contributed by atoms with Crippen molar-refractivity contribution in [1.82, 2.24) is 4.90 Å². The van der Waals surface area contributed by atoms with Gasteiger partial charge in [0.25, 0.3) is 5.91 Å². The van der Waals surface area contributed by atoms with E-state index in [1.165, 1.54) is 10.6 Å². The Morgan fingerprint density at radius 3 is 1.46 bits per heavy atom. The highest BCUT2D eigenvalue weighted by Gasteiger charge is 2.26. The highest BCUT2D eigenvalue weighted by molar-refractivity contribution is 7.92. The fourth-order valence-corrected chi connectivity index (χ4v) is 4.88. The van der Waals surface area contributed by atoms with E-state index in [9.17, 15) is 13.2 Å². The van der Waals surface area contributed by atoms with Crippen molar-refractivity contribution < 1.29 is 13.2 Å². The largest absolute Gasteiger partial charge is 0.330 e. The van der Waals surface area contributed by atoms with E-state index < -0.39 is 10.0 Å². The minimum Gasteiger partial charge on any atom is -0.330 e. The standard InChI is InChI=1S/C29H28N2O3S/c1-35(33,34)31(23-26-17-9-4-10-18-26)28-20-12-11-19-27(28)29(32)30(21-24-13-5-2-6-14-24)22-25-15-7-3-8-16-25/h2-20H,21-23H2,1H3. The van der Waals surface area contributed by atoms with Crippen molar-refractivity contribution >= 4 is 21.6 Å². The van der Waals surface area contributed by atoms with Gasteiger partial charge in [0.05, 0.1) is 24.1 Å². The fraction of sp³-hybridized carbons (Fsp3) is 0.138. The molecule has 0 heterocycles. The predicted octanol–water partition coefficient (Wildman–Crippen LogP) is 5.50. The third-order valence-corrected chi connectivity index (χ3v) is 6.82. The minimum atomic E-state index is -3.65. The molecule has 0 spiro atoms. The van der Waals surface area contributed by atoms with Crippen LogP contribution in [0.4, 0.5) is 5.69 Å². The summed E-state index contributed by atoms with van der Waals surface area (Å²) in [5.41, 5.74) is 3.55. The van der Waals surface area contributed by atoms with Crippen molar-refractivity contribution in [2.24, 2.45) is 0 Å². The van der Waals surface area contributed by atoms with Gasteiger partial charge in [-0.25, -0.2) is 8.42 Å². The number of rotatable bonds is 9. The highest BCUT2D eigenvalue weighted by atomic mass is 32.2. The van der Waals surface area contributed by atoms with Crippen LogP contribution in [-0.2, 0) is 29.7 Å². The van der Waals surface area contributed by atoms with Crippen molar-refractivity contribution in [3.05, 3.63) is 138 Å². The van der Waals surface area contributed by atoms with Gasteiger partial charge in [-0.05, 0) is 28.8 Å². The quantitative estimate of drug-likeness (QED) is 0.315. The molecule has 0 aliphatic carbocycles. The molecule has 0 atom stereocenters. The molecule has 6 heteroatoms. The lowest BCUT2D eigenvalue weighted by Crippen LogP contribution is -2.34. The number of benzene rings is 4. The van der Waals surface area contributed by atoms with Crippen LogP contribution in [0, 0.1) is 0 Å². The maximum atomic E-state index is 14.0. The molecule has 0 radical (unpaired) electrons. The normalized spacial score (nSPS) is 11.1. The van der Waals surface area contributed by atoms with E-state index in [2.05, 4.69) is 0 Å². The summed E-state index contributed by atoms with van der Waals surface area (Å²) < 4.78 is 27.0. The molecule has 0 aliphatic rings. The van der Waals surface area contributed by atoms with Crippen LogP contribution in [-0.4, -0.2) is 25.5 Å². The first kappa shape index (κ1) is 24.2. The number of hydrogen-bond acceptors (Lipinski definition) is 3. The summed E-state index contributed by atoms with van der Waals surface area (Å²) in [7, 11) is -3.65. The molecule has 1 amide bonds. The van der Waals surface area contributed by atoms with Gasteiger partial charge < -0.3 is 4.90 Å². The van der Waals surface area contributed by atoms with Crippen LogP contribution in [0.5, 0.6) is 0 Å². The summed E-state index contributed by atoms with van der Waals surface area (Å²) >= 11 is 0. The van der Waals surface area contributed by atoms with Gasteiger partial charge in [-0.1, -0.05) is 103 Å². The van der Waals surface area contributed by atoms with Gasteiger partial charge in [-0.2, -0.15) is 0 Å². The lowest BCUT2D eigenvalue weighted by Gasteiger charge is -2.28. The molecule has 35 heavy (non-hydrogen) atoms. The van der Waals surface area contributed by atoms with Crippen molar-refractivity contribution in [1.29, 1.82) is 0 Å². The first-order valence-electron chi connectivity index (χ1n) is 11.4. The first-order chi connectivity index (χ1) is 16.9. The van der Waals surface area contributed by atoms with Crippen LogP contribution in [0.25, 0.3) is 0 Å². The third kappa shape index (κ3) is 6.37. The second kappa shape index (κ2) is 11.0. The van der Waals surface area contributed by atoms with Crippen LogP contribution < -0.4 is 4.31 Å². The van der Waals surface area contributed by atoms with Crippen molar-refractivity contribution in [2.45, 2.75) is 19.6 Å².